The molecule has 0 unspecified atom stereocenters. The van der Waals surface area contributed by atoms with Crippen LogP contribution in [0.1, 0.15) is 36.9 Å². The molecule has 1 saturated carbocycles. The quantitative estimate of drug-likeness (QED) is 0.589. The monoisotopic (exact) mass is 331 g/mol. The van der Waals surface area contributed by atoms with Gasteiger partial charge in [0.15, 0.2) is 0 Å². The van der Waals surface area contributed by atoms with Crippen LogP contribution in [0.2, 0.25) is 0 Å². The van der Waals surface area contributed by atoms with E-state index in [0.717, 1.165) is 23.8 Å². The van der Waals surface area contributed by atoms with Crippen molar-refractivity contribution in [3.8, 4) is 17.0 Å². The van der Waals surface area contributed by atoms with Gasteiger partial charge >= 0.3 is 0 Å². The van der Waals surface area contributed by atoms with Crippen molar-refractivity contribution in [2.45, 2.75) is 39.0 Å². The van der Waals surface area contributed by atoms with Gasteiger partial charge in [-0.05, 0) is 48.4 Å². The van der Waals surface area contributed by atoms with Crippen LogP contribution in [0.5, 0.6) is 5.75 Å². The van der Waals surface area contributed by atoms with Crippen molar-refractivity contribution in [1.29, 1.82) is 0 Å². The highest BCUT2D eigenvalue weighted by molar-refractivity contribution is 5.90. The van der Waals surface area contributed by atoms with Gasteiger partial charge in [0, 0.05) is 16.6 Å². The molecule has 3 aromatic rings. The van der Waals surface area contributed by atoms with Crippen molar-refractivity contribution >= 4 is 10.8 Å². The molecule has 0 bridgehead atoms. The number of fused-ring (bicyclic) bond motifs is 1. The molecule has 0 atom stereocenters. The second kappa shape index (κ2) is 6.87. The maximum Gasteiger partial charge on any atom is 0.122 e. The van der Waals surface area contributed by atoms with Gasteiger partial charge in [-0.15, -0.1) is 0 Å². The summed E-state index contributed by atoms with van der Waals surface area (Å²) in [5, 5.41) is 2.51. The minimum absolute atomic E-state index is 0.782. The zero-order valence-corrected chi connectivity index (χ0v) is 15.1. The summed E-state index contributed by atoms with van der Waals surface area (Å²) in [7, 11) is 1.74. The van der Waals surface area contributed by atoms with Crippen molar-refractivity contribution < 1.29 is 4.74 Å². The molecule has 2 nitrogen and oxygen atoms in total. The maximum atomic E-state index is 5.55. The van der Waals surface area contributed by atoms with Gasteiger partial charge in [0.1, 0.15) is 5.75 Å². The number of aryl methyl sites for hydroxylation is 1. The molecule has 1 fully saturated rings. The third kappa shape index (κ3) is 3.26. The van der Waals surface area contributed by atoms with Crippen LogP contribution < -0.4 is 4.74 Å². The predicted octanol–water partition coefficient (Wildman–Crippen LogP) is 5.95. The predicted molar refractivity (Wildman–Crippen MR) is 104 cm³/mol. The van der Waals surface area contributed by atoms with E-state index in [1.54, 1.807) is 7.11 Å². The molecule has 128 valence electrons. The van der Waals surface area contributed by atoms with E-state index in [9.17, 15) is 0 Å². The Labute approximate surface area is 149 Å². The smallest absolute Gasteiger partial charge is 0.122 e. The number of rotatable bonds is 4. The highest BCUT2D eigenvalue weighted by atomic mass is 16.5. The number of hydrogen-bond acceptors (Lipinski definition) is 2. The summed E-state index contributed by atoms with van der Waals surface area (Å²) >= 11 is 0. The van der Waals surface area contributed by atoms with E-state index < -0.39 is 0 Å². The fraction of sp³-hybridized carbons (Fsp3) is 0.348. The van der Waals surface area contributed by atoms with Crippen LogP contribution in [0.15, 0.2) is 48.5 Å². The molecule has 0 spiro atoms. The molecule has 2 heteroatoms. The van der Waals surface area contributed by atoms with Gasteiger partial charge in [0.05, 0.1) is 12.8 Å². The summed E-state index contributed by atoms with van der Waals surface area (Å²) in [6.07, 6.45) is 6.51. The lowest BCUT2D eigenvalue weighted by Crippen LogP contribution is -2.03. The summed E-state index contributed by atoms with van der Waals surface area (Å²) in [5.74, 6) is 1.73. The molecule has 0 N–H and O–H groups in total. The first-order chi connectivity index (χ1) is 12.2. The largest absolute Gasteiger partial charge is 0.496 e. The molecule has 1 heterocycles. The van der Waals surface area contributed by atoms with E-state index >= 15 is 0 Å². The van der Waals surface area contributed by atoms with Crippen molar-refractivity contribution in [1.82, 2.24) is 4.98 Å². The highest BCUT2D eigenvalue weighted by Crippen LogP contribution is 2.34. The van der Waals surface area contributed by atoms with E-state index in [4.69, 9.17) is 9.72 Å². The Balaban J connectivity index is 1.87. The molecule has 1 aromatic heterocycles. The molecule has 25 heavy (non-hydrogen) atoms. The summed E-state index contributed by atoms with van der Waals surface area (Å²) in [4.78, 5) is 5.09. The Morgan fingerprint density at radius 1 is 1.04 bits per heavy atom. The fourth-order valence-electron chi connectivity index (χ4n) is 4.08. The van der Waals surface area contributed by atoms with Gasteiger partial charge in [-0.3, -0.25) is 4.98 Å². The summed E-state index contributed by atoms with van der Waals surface area (Å²) in [6, 6.07) is 17.1. The lowest BCUT2D eigenvalue weighted by atomic mass is 9.95. The SMILES string of the molecule is COc1cc2cc(-c3ccccc3)nc(CC3CCCC3)c2cc1C. The van der Waals surface area contributed by atoms with Crippen LogP contribution >= 0.6 is 0 Å². The minimum Gasteiger partial charge on any atom is -0.496 e. The average molecular weight is 331 g/mol. The first kappa shape index (κ1) is 16.1. The topological polar surface area (TPSA) is 22.1 Å². The van der Waals surface area contributed by atoms with Crippen LogP contribution in [0, 0.1) is 12.8 Å². The Hall–Kier alpha value is -2.35. The van der Waals surface area contributed by atoms with Gasteiger partial charge in [-0.2, -0.15) is 0 Å². The Bertz CT molecular complexity index is 879. The first-order valence-electron chi connectivity index (χ1n) is 9.28. The second-order valence-electron chi connectivity index (χ2n) is 7.22. The van der Waals surface area contributed by atoms with Crippen LogP contribution in [0.4, 0.5) is 0 Å². The molecule has 0 radical (unpaired) electrons. The van der Waals surface area contributed by atoms with Crippen molar-refractivity contribution in [2.75, 3.05) is 7.11 Å². The minimum atomic E-state index is 0.782. The third-order valence-electron chi connectivity index (χ3n) is 5.45. The second-order valence-corrected chi connectivity index (χ2v) is 7.22. The maximum absolute atomic E-state index is 5.55. The Morgan fingerprint density at radius 2 is 1.80 bits per heavy atom. The van der Waals surface area contributed by atoms with Crippen molar-refractivity contribution in [3.63, 3.8) is 0 Å². The van der Waals surface area contributed by atoms with Gasteiger partial charge in [0.2, 0.25) is 0 Å². The average Bonchev–Trinajstić information content (AvgIpc) is 3.15. The van der Waals surface area contributed by atoms with Crippen molar-refractivity contribution in [3.05, 3.63) is 59.8 Å². The van der Waals surface area contributed by atoms with Crippen molar-refractivity contribution in [2.24, 2.45) is 5.92 Å². The molecular weight excluding hydrogens is 306 g/mol. The lowest BCUT2D eigenvalue weighted by molar-refractivity contribution is 0.412. The summed E-state index contributed by atoms with van der Waals surface area (Å²) in [5.41, 5.74) is 4.66. The Kier molecular flexibility index (Phi) is 4.44. The standard InChI is InChI=1S/C23H25NO/c1-16-12-20-19(15-23(16)25-2)14-21(18-10-4-3-5-11-18)24-22(20)13-17-8-6-7-9-17/h3-5,10-12,14-15,17H,6-9,13H2,1-2H3. The number of pyridine rings is 1. The van der Waals surface area contributed by atoms with Gasteiger partial charge in [-0.1, -0.05) is 56.0 Å². The van der Waals surface area contributed by atoms with E-state index in [1.807, 2.05) is 0 Å². The third-order valence-corrected chi connectivity index (χ3v) is 5.45. The van der Waals surface area contributed by atoms with Crippen LogP contribution in [-0.4, -0.2) is 12.1 Å². The number of methoxy groups -OCH3 is 1. The van der Waals surface area contributed by atoms with E-state index in [2.05, 4.69) is 55.5 Å². The van der Waals surface area contributed by atoms with E-state index in [1.165, 1.54) is 53.3 Å². The summed E-state index contributed by atoms with van der Waals surface area (Å²) < 4.78 is 5.55. The van der Waals surface area contributed by atoms with Gasteiger partial charge in [-0.25, -0.2) is 0 Å². The van der Waals surface area contributed by atoms with E-state index in [0.29, 0.717) is 0 Å². The number of benzene rings is 2. The van der Waals surface area contributed by atoms with Gasteiger partial charge < -0.3 is 4.74 Å². The van der Waals surface area contributed by atoms with Crippen LogP contribution in [0.25, 0.3) is 22.0 Å². The molecule has 1 aliphatic carbocycles. The zero-order chi connectivity index (χ0) is 17.2. The number of nitrogens with zero attached hydrogens (tertiary/aromatic N) is 1. The van der Waals surface area contributed by atoms with E-state index in [-0.39, 0.29) is 0 Å². The zero-order valence-electron chi connectivity index (χ0n) is 15.1. The summed E-state index contributed by atoms with van der Waals surface area (Å²) in [6.45, 7) is 2.11. The molecular formula is C23H25NO. The highest BCUT2D eigenvalue weighted by Gasteiger charge is 2.19. The molecule has 0 saturated heterocycles. The normalized spacial score (nSPS) is 15.0. The van der Waals surface area contributed by atoms with Gasteiger partial charge in [0.25, 0.3) is 0 Å². The molecule has 0 aliphatic heterocycles. The number of aromatic nitrogens is 1. The lowest BCUT2D eigenvalue weighted by Gasteiger charge is -2.15. The first-order valence-corrected chi connectivity index (χ1v) is 9.28. The molecule has 1 aliphatic rings. The number of hydrogen-bond donors (Lipinski definition) is 0. The molecule has 2 aromatic carbocycles. The number of ether oxygens (including phenoxy) is 1. The Morgan fingerprint density at radius 3 is 2.52 bits per heavy atom. The molecule has 0 amide bonds. The van der Waals surface area contributed by atoms with Crippen LogP contribution in [0.3, 0.4) is 0 Å². The van der Waals surface area contributed by atoms with Crippen LogP contribution in [-0.2, 0) is 6.42 Å². The molecule has 4 rings (SSSR count). The fourth-order valence-corrected chi connectivity index (χ4v) is 4.08.